The summed E-state index contributed by atoms with van der Waals surface area (Å²) < 4.78 is 26.3. The van der Waals surface area contributed by atoms with Gasteiger partial charge in [0.15, 0.2) is 11.6 Å². The molecular weight excluding hydrogens is 328 g/mol. The molecule has 0 aromatic heterocycles. The van der Waals surface area contributed by atoms with Gasteiger partial charge in [0.25, 0.3) is 5.91 Å². The molecule has 4 nitrogen and oxygen atoms in total. The van der Waals surface area contributed by atoms with Crippen LogP contribution < -0.4 is 5.32 Å². The molecule has 0 saturated carbocycles. The van der Waals surface area contributed by atoms with E-state index in [9.17, 15) is 23.8 Å². The fraction of sp³-hybridized carbons (Fsp3) is 0.188. The lowest BCUT2D eigenvalue weighted by molar-refractivity contribution is 0.0526. The number of carbonyl (C=O) groups is 1. The Balaban J connectivity index is 2.10. The molecule has 2 aromatic rings. The molecule has 3 N–H and O–H groups in total. The smallest absolute Gasteiger partial charge is 0.251 e. The van der Waals surface area contributed by atoms with E-state index in [4.69, 9.17) is 11.6 Å². The molecule has 0 saturated heterocycles. The molecule has 0 radical (unpaired) electrons. The third-order valence-electron chi connectivity index (χ3n) is 3.34. The predicted octanol–water partition coefficient (Wildman–Crippen LogP) is 2.96. The molecule has 2 rings (SSSR count). The van der Waals surface area contributed by atoms with Gasteiger partial charge in [0.1, 0.15) is 11.4 Å². The highest BCUT2D eigenvalue weighted by Crippen LogP contribution is 2.27. The van der Waals surface area contributed by atoms with Gasteiger partial charge < -0.3 is 15.5 Å². The molecule has 23 heavy (non-hydrogen) atoms. The number of halogens is 3. The molecule has 1 atom stereocenters. The van der Waals surface area contributed by atoms with Crippen molar-refractivity contribution in [3.8, 4) is 5.75 Å². The molecule has 122 valence electrons. The molecule has 2 aromatic carbocycles. The number of aliphatic hydroxyl groups is 1. The van der Waals surface area contributed by atoms with Crippen molar-refractivity contribution in [1.29, 1.82) is 0 Å². The highest BCUT2D eigenvalue weighted by molar-refractivity contribution is 6.32. The number of benzene rings is 2. The Bertz CT molecular complexity index is 710. The third-order valence-corrected chi connectivity index (χ3v) is 3.63. The van der Waals surface area contributed by atoms with Gasteiger partial charge >= 0.3 is 0 Å². The van der Waals surface area contributed by atoms with Crippen LogP contribution in [0.25, 0.3) is 0 Å². The van der Waals surface area contributed by atoms with E-state index >= 15 is 0 Å². The first kappa shape index (κ1) is 17.2. The first-order valence-corrected chi connectivity index (χ1v) is 7.03. The molecule has 0 heterocycles. The van der Waals surface area contributed by atoms with Crippen LogP contribution in [0.2, 0.25) is 5.02 Å². The maximum atomic E-state index is 13.4. The van der Waals surface area contributed by atoms with Gasteiger partial charge in [0.2, 0.25) is 0 Å². The molecule has 0 aliphatic rings. The lowest BCUT2D eigenvalue weighted by Gasteiger charge is -2.24. The van der Waals surface area contributed by atoms with Crippen molar-refractivity contribution in [2.45, 2.75) is 12.5 Å². The van der Waals surface area contributed by atoms with Crippen LogP contribution in [0.1, 0.15) is 22.8 Å². The Morgan fingerprint density at radius 1 is 1.26 bits per heavy atom. The number of amides is 1. The minimum atomic E-state index is -1.44. The second-order valence-corrected chi connectivity index (χ2v) is 5.66. The minimum absolute atomic E-state index is 0.0970. The van der Waals surface area contributed by atoms with E-state index in [1.807, 2.05) is 0 Å². The van der Waals surface area contributed by atoms with E-state index in [2.05, 4.69) is 5.32 Å². The molecule has 1 amide bonds. The standard InChI is InChI=1S/C16H14ClF2NO3/c1-16(23,10-2-4-11(18)5-3-10)8-20-15(22)9-6-12(17)14(21)13(19)7-9/h2-7,21,23H,8H2,1H3,(H,20,22)/t16-/m1/s1. The molecule has 7 heteroatoms. The summed E-state index contributed by atoms with van der Waals surface area (Å²) in [6.45, 7) is 1.27. The summed E-state index contributed by atoms with van der Waals surface area (Å²) in [6.07, 6.45) is 0. The zero-order valence-corrected chi connectivity index (χ0v) is 12.9. The summed E-state index contributed by atoms with van der Waals surface area (Å²) in [7, 11) is 0. The van der Waals surface area contributed by atoms with E-state index < -0.39 is 28.9 Å². The van der Waals surface area contributed by atoms with Crippen LogP contribution in [0.3, 0.4) is 0 Å². The van der Waals surface area contributed by atoms with Gasteiger partial charge in [0.05, 0.1) is 11.6 Å². The van der Waals surface area contributed by atoms with Crippen LogP contribution in [-0.4, -0.2) is 22.7 Å². The van der Waals surface area contributed by atoms with Crippen LogP contribution in [-0.2, 0) is 5.60 Å². The lowest BCUT2D eigenvalue weighted by atomic mass is 9.96. The first-order chi connectivity index (χ1) is 10.7. The van der Waals surface area contributed by atoms with Crippen molar-refractivity contribution in [2.75, 3.05) is 6.54 Å². The normalized spacial score (nSPS) is 13.4. The highest BCUT2D eigenvalue weighted by Gasteiger charge is 2.24. The molecule has 0 spiro atoms. The number of rotatable bonds is 4. The zero-order chi connectivity index (χ0) is 17.2. The van der Waals surface area contributed by atoms with Crippen LogP contribution in [0.5, 0.6) is 5.75 Å². The average molecular weight is 342 g/mol. The van der Waals surface area contributed by atoms with Gasteiger partial charge in [0, 0.05) is 5.56 Å². The van der Waals surface area contributed by atoms with Gasteiger partial charge in [-0.1, -0.05) is 23.7 Å². The molecule has 0 aliphatic heterocycles. The van der Waals surface area contributed by atoms with Crippen molar-refractivity contribution in [2.24, 2.45) is 0 Å². The van der Waals surface area contributed by atoms with Crippen molar-refractivity contribution >= 4 is 17.5 Å². The summed E-state index contributed by atoms with van der Waals surface area (Å²) in [5.74, 6) is -2.87. The largest absolute Gasteiger partial charge is 0.504 e. The van der Waals surface area contributed by atoms with Crippen molar-refractivity contribution in [1.82, 2.24) is 5.32 Å². The summed E-state index contributed by atoms with van der Waals surface area (Å²) >= 11 is 5.61. The van der Waals surface area contributed by atoms with Crippen LogP contribution in [0.15, 0.2) is 36.4 Å². The average Bonchev–Trinajstić information content (AvgIpc) is 2.50. The maximum absolute atomic E-state index is 13.4. The second kappa shape index (κ2) is 6.52. The van der Waals surface area contributed by atoms with E-state index in [1.165, 1.54) is 31.2 Å². The van der Waals surface area contributed by atoms with Crippen LogP contribution in [0.4, 0.5) is 8.78 Å². The van der Waals surface area contributed by atoms with Crippen LogP contribution >= 0.6 is 11.6 Å². The number of hydrogen-bond acceptors (Lipinski definition) is 3. The first-order valence-electron chi connectivity index (χ1n) is 6.65. The topological polar surface area (TPSA) is 69.6 Å². The van der Waals surface area contributed by atoms with E-state index in [-0.39, 0.29) is 17.1 Å². The summed E-state index contributed by atoms with van der Waals surface area (Å²) in [4.78, 5) is 12.0. The Kier molecular flexibility index (Phi) is 4.87. The molecule has 0 aliphatic carbocycles. The third kappa shape index (κ3) is 3.97. The predicted molar refractivity (Wildman–Crippen MR) is 81.4 cm³/mol. The minimum Gasteiger partial charge on any atom is -0.504 e. The van der Waals surface area contributed by atoms with Gasteiger partial charge in [-0.2, -0.15) is 0 Å². The maximum Gasteiger partial charge on any atom is 0.251 e. The number of carbonyl (C=O) groups excluding carboxylic acids is 1. The lowest BCUT2D eigenvalue weighted by Crippen LogP contribution is -2.38. The number of nitrogens with one attached hydrogen (secondary N) is 1. The number of aromatic hydroxyl groups is 1. The molecule has 0 bridgehead atoms. The Labute approximate surface area is 136 Å². The highest BCUT2D eigenvalue weighted by atomic mass is 35.5. The van der Waals surface area contributed by atoms with Gasteiger partial charge in [-0.05, 0) is 36.8 Å². The van der Waals surface area contributed by atoms with E-state index in [0.717, 1.165) is 12.1 Å². The van der Waals surface area contributed by atoms with Crippen molar-refractivity contribution in [3.05, 3.63) is 64.2 Å². The fourth-order valence-corrected chi connectivity index (χ4v) is 2.17. The second-order valence-electron chi connectivity index (χ2n) is 5.25. The quantitative estimate of drug-likeness (QED) is 0.800. The Hall–Kier alpha value is -2.18. The fourth-order valence-electron chi connectivity index (χ4n) is 1.96. The van der Waals surface area contributed by atoms with Crippen molar-refractivity contribution < 1.29 is 23.8 Å². The zero-order valence-electron chi connectivity index (χ0n) is 12.1. The summed E-state index contributed by atoms with van der Waals surface area (Å²) in [5, 5.41) is 21.7. The van der Waals surface area contributed by atoms with E-state index in [1.54, 1.807) is 0 Å². The van der Waals surface area contributed by atoms with E-state index in [0.29, 0.717) is 5.56 Å². The Morgan fingerprint density at radius 3 is 2.43 bits per heavy atom. The molecule has 0 unspecified atom stereocenters. The van der Waals surface area contributed by atoms with Crippen LogP contribution in [0, 0.1) is 11.6 Å². The molecular formula is C16H14ClF2NO3. The summed E-state index contributed by atoms with van der Waals surface area (Å²) in [5.41, 5.74) is -1.13. The SMILES string of the molecule is C[C@@](O)(CNC(=O)c1cc(F)c(O)c(Cl)c1)c1ccc(F)cc1. The van der Waals surface area contributed by atoms with Gasteiger partial charge in [-0.3, -0.25) is 4.79 Å². The number of hydrogen-bond donors (Lipinski definition) is 3. The number of phenolic OH excluding ortho intramolecular Hbond substituents is 1. The number of phenols is 1. The summed E-state index contributed by atoms with van der Waals surface area (Å²) in [6, 6.07) is 7.14. The van der Waals surface area contributed by atoms with Crippen molar-refractivity contribution in [3.63, 3.8) is 0 Å². The monoisotopic (exact) mass is 341 g/mol. The molecule has 0 fully saturated rings. The van der Waals surface area contributed by atoms with Gasteiger partial charge in [-0.25, -0.2) is 8.78 Å². The Morgan fingerprint density at radius 2 is 1.87 bits per heavy atom. The van der Waals surface area contributed by atoms with Gasteiger partial charge in [-0.15, -0.1) is 0 Å².